The number of ether oxygens (including phenoxy) is 1. The highest BCUT2D eigenvalue weighted by molar-refractivity contribution is 5.62. The van der Waals surface area contributed by atoms with Crippen LogP contribution in [0.1, 0.15) is 30.7 Å². The van der Waals surface area contributed by atoms with Crippen LogP contribution in [0, 0.1) is 13.8 Å². The van der Waals surface area contributed by atoms with Crippen LogP contribution in [0.4, 0.5) is 0 Å². The van der Waals surface area contributed by atoms with Crippen molar-refractivity contribution in [1.82, 2.24) is 10.3 Å². The van der Waals surface area contributed by atoms with Gasteiger partial charge in [-0.05, 0) is 49.2 Å². The smallest absolute Gasteiger partial charge is 0.121 e. The maximum Gasteiger partial charge on any atom is 0.121 e. The van der Waals surface area contributed by atoms with E-state index in [2.05, 4.69) is 57.3 Å². The minimum absolute atomic E-state index is 0.480. The van der Waals surface area contributed by atoms with E-state index in [9.17, 15) is 0 Å². The van der Waals surface area contributed by atoms with E-state index in [4.69, 9.17) is 9.72 Å². The Hall–Kier alpha value is -1.87. The summed E-state index contributed by atoms with van der Waals surface area (Å²) in [5, 5.41) is 3.43. The van der Waals surface area contributed by atoms with Gasteiger partial charge in [-0.15, -0.1) is 0 Å². The number of nitrogens with zero attached hydrogens (tertiary/aromatic N) is 1. The van der Waals surface area contributed by atoms with Crippen molar-refractivity contribution in [2.24, 2.45) is 0 Å². The molecule has 0 amide bonds. The van der Waals surface area contributed by atoms with E-state index in [0.717, 1.165) is 34.8 Å². The Morgan fingerprint density at radius 1 is 1.14 bits per heavy atom. The summed E-state index contributed by atoms with van der Waals surface area (Å²) in [7, 11) is 1.70. The summed E-state index contributed by atoms with van der Waals surface area (Å²) >= 11 is 0. The molecule has 0 aliphatic heterocycles. The standard InChI is InChI=1S/C18H24N2O/c1-12(2)19-11-16-6-8-17(20-14(16)4)15-7-9-18(21-5)13(3)10-15/h6-10,12,19H,11H2,1-5H3. The maximum absolute atomic E-state index is 5.30. The third kappa shape index (κ3) is 3.82. The molecule has 3 heteroatoms. The minimum atomic E-state index is 0.480. The summed E-state index contributed by atoms with van der Waals surface area (Å²) in [6.07, 6.45) is 0. The van der Waals surface area contributed by atoms with Gasteiger partial charge in [0.1, 0.15) is 5.75 Å². The lowest BCUT2D eigenvalue weighted by Gasteiger charge is -2.12. The van der Waals surface area contributed by atoms with Crippen LogP contribution < -0.4 is 10.1 Å². The van der Waals surface area contributed by atoms with E-state index in [1.165, 1.54) is 5.56 Å². The highest BCUT2D eigenvalue weighted by Gasteiger charge is 2.06. The van der Waals surface area contributed by atoms with Gasteiger partial charge in [-0.3, -0.25) is 4.98 Å². The molecule has 0 saturated carbocycles. The fourth-order valence-corrected chi connectivity index (χ4v) is 2.29. The van der Waals surface area contributed by atoms with Gasteiger partial charge < -0.3 is 10.1 Å². The second-order valence-electron chi connectivity index (χ2n) is 5.66. The normalized spacial score (nSPS) is 11.0. The van der Waals surface area contributed by atoms with E-state index in [1.807, 2.05) is 6.07 Å². The summed E-state index contributed by atoms with van der Waals surface area (Å²) in [4.78, 5) is 4.74. The number of hydrogen-bond donors (Lipinski definition) is 1. The van der Waals surface area contributed by atoms with Gasteiger partial charge in [0.05, 0.1) is 12.8 Å². The number of methoxy groups -OCH3 is 1. The molecular formula is C18H24N2O. The molecule has 0 radical (unpaired) electrons. The van der Waals surface area contributed by atoms with E-state index in [0.29, 0.717) is 6.04 Å². The average Bonchev–Trinajstić information content (AvgIpc) is 2.45. The van der Waals surface area contributed by atoms with E-state index < -0.39 is 0 Å². The summed E-state index contributed by atoms with van der Waals surface area (Å²) in [6, 6.07) is 10.9. The molecular weight excluding hydrogens is 260 g/mol. The molecule has 2 aromatic rings. The van der Waals surface area contributed by atoms with Crippen LogP contribution in [-0.2, 0) is 6.54 Å². The van der Waals surface area contributed by atoms with Gasteiger partial charge in [0.25, 0.3) is 0 Å². The molecule has 0 aliphatic carbocycles. The Morgan fingerprint density at radius 3 is 2.48 bits per heavy atom. The number of rotatable bonds is 5. The van der Waals surface area contributed by atoms with E-state index in [1.54, 1.807) is 7.11 Å². The van der Waals surface area contributed by atoms with Crippen molar-refractivity contribution in [1.29, 1.82) is 0 Å². The molecule has 1 heterocycles. The molecule has 0 aliphatic rings. The molecule has 1 aromatic carbocycles. The van der Waals surface area contributed by atoms with Crippen molar-refractivity contribution in [3.63, 3.8) is 0 Å². The highest BCUT2D eigenvalue weighted by Crippen LogP contribution is 2.25. The first-order chi connectivity index (χ1) is 10.0. The van der Waals surface area contributed by atoms with Crippen LogP contribution in [0.25, 0.3) is 11.3 Å². The Balaban J connectivity index is 2.25. The van der Waals surface area contributed by atoms with Crippen LogP contribution in [-0.4, -0.2) is 18.1 Å². The molecule has 0 fully saturated rings. The number of hydrogen-bond acceptors (Lipinski definition) is 3. The molecule has 0 saturated heterocycles. The quantitative estimate of drug-likeness (QED) is 0.905. The third-order valence-corrected chi connectivity index (χ3v) is 3.59. The van der Waals surface area contributed by atoms with Crippen LogP contribution >= 0.6 is 0 Å². The Morgan fingerprint density at radius 2 is 1.90 bits per heavy atom. The van der Waals surface area contributed by atoms with E-state index in [-0.39, 0.29) is 0 Å². The third-order valence-electron chi connectivity index (χ3n) is 3.59. The Bertz CT molecular complexity index is 621. The first kappa shape index (κ1) is 15.5. The predicted octanol–water partition coefficient (Wildman–Crippen LogP) is 3.87. The molecule has 112 valence electrons. The number of benzene rings is 1. The highest BCUT2D eigenvalue weighted by atomic mass is 16.5. The van der Waals surface area contributed by atoms with Gasteiger partial charge in [0.2, 0.25) is 0 Å². The first-order valence-corrected chi connectivity index (χ1v) is 7.36. The monoisotopic (exact) mass is 284 g/mol. The predicted molar refractivity (Wildman–Crippen MR) is 87.7 cm³/mol. The number of nitrogens with one attached hydrogen (secondary N) is 1. The lowest BCUT2D eigenvalue weighted by molar-refractivity contribution is 0.412. The van der Waals surface area contributed by atoms with Gasteiger partial charge in [0, 0.05) is 23.8 Å². The Labute approximate surface area is 127 Å². The molecule has 0 spiro atoms. The second-order valence-corrected chi connectivity index (χ2v) is 5.66. The lowest BCUT2D eigenvalue weighted by atomic mass is 10.1. The van der Waals surface area contributed by atoms with Gasteiger partial charge in [-0.1, -0.05) is 19.9 Å². The first-order valence-electron chi connectivity index (χ1n) is 7.36. The summed E-state index contributed by atoms with van der Waals surface area (Å²) in [5.41, 5.74) is 5.58. The molecule has 0 unspecified atom stereocenters. The maximum atomic E-state index is 5.30. The van der Waals surface area contributed by atoms with Crippen molar-refractivity contribution in [3.8, 4) is 17.0 Å². The zero-order chi connectivity index (χ0) is 15.4. The summed E-state index contributed by atoms with van der Waals surface area (Å²) in [6.45, 7) is 9.28. The summed E-state index contributed by atoms with van der Waals surface area (Å²) in [5.74, 6) is 0.910. The van der Waals surface area contributed by atoms with Gasteiger partial charge in [-0.2, -0.15) is 0 Å². The zero-order valence-corrected chi connectivity index (χ0v) is 13.5. The fraction of sp³-hybridized carbons (Fsp3) is 0.389. The lowest BCUT2D eigenvalue weighted by Crippen LogP contribution is -2.22. The van der Waals surface area contributed by atoms with Gasteiger partial charge >= 0.3 is 0 Å². The molecule has 0 bridgehead atoms. The van der Waals surface area contributed by atoms with Crippen LogP contribution in [0.15, 0.2) is 30.3 Å². The fourth-order valence-electron chi connectivity index (χ4n) is 2.29. The molecule has 0 atom stereocenters. The van der Waals surface area contributed by atoms with Gasteiger partial charge in [-0.25, -0.2) is 0 Å². The van der Waals surface area contributed by atoms with Crippen molar-refractivity contribution >= 4 is 0 Å². The Kier molecular flexibility index (Phi) is 4.97. The van der Waals surface area contributed by atoms with Crippen LogP contribution in [0.3, 0.4) is 0 Å². The number of aryl methyl sites for hydroxylation is 2. The van der Waals surface area contributed by atoms with Crippen LogP contribution in [0.5, 0.6) is 5.75 Å². The van der Waals surface area contributed by atoms with Crippen molar-refractivity contribution in [3.05, 3.63) is 47.2 Å². The van der Waals surface area contributed by atoms with Crippen molar-refractivity contribution in [2.75, 3.05) is 7.11 Å². The molecule has 3 nitrogen and oxygen atoms in total. The van der Waals surface area contributed by atoms with Crippen LogP contribution in [0.2, 0.25) is 0 Å². The molecule has 1 aromatic heterocycles. The largest absolute Gasteiger partial charge is 0.496 e. The zero-order valence-electron chi connectivity index (χ0n) is 13.5. The average molecular weight is 284 g/mol. The van der Waals surface area contributed by atoms with Crippen molar-refractivity contribution < 1.29 is 4.74 Å². The SMILES string of the molecule is COc1ccc(-c2ccc(CNC(C)C)c(C)n2)cc1C. The molecule has 21 heavy (non-hydrogen) atoms. The number of aromatic nitrogens is 1. The second kappa shape index (κ2) is 6.72. The van der Waals surface area contributed by atoms with Crippen molar-refractivity contribution in [2.45, 2.75) is 40.3 Å². The minimum Gasteiger partial charge on any atom is -0.496 e. The van der Waals surface area contributed by atoms with Gasteiger partial charge in [0.15, 0.2) is 0 Å². The summed E-state index contributed by atoms with van der Waals surface area (Å²) < 4.78 is 5.30. The van der Waals surface area contributed by atoms with E-state index >= 15 is 0 Å². The number of pyridine rings is 1. The molecule has 1 N–H and O–H groups in total. The molecule has 2 rings (SSSR count). The topological polar surface area (TPSA) is 34.1 Å².